The van der Waals surface area contributed by atoms with Crippen molar-refractivity contribution < 1.29 is 71.2 Å². The fraction of sp³-hybridized carbons (Fsp3) is 0.400. The van der Waals surface area contributed by atoms with Crippen molar-refractivity contribution in [2.45, 2.75) is 26.3 Å². The van der Waals surface area contributed by atoms with Gasteiger partial charge in [0.05, 0.1) is 11.7 Å². The van der Waals surface area contributed by atoms with Gasteiger partial charge in [0.2, 0.25) is 0 Å². The predicted octanol–water partition coefficient (Wildman–Crippen LogP) is -4.60. The molecule has 0 aliphatic rings. The molecule has 0 bridgehead atoms. The molecule has 0 atom stereocenters. The fourth-order valence-corrected chi connectivity index (χ4v) is 1.44. The van der Waals surface area contributed by atoms with E-state index in [2.05, 4.69) is 0 Å². The Hall–Kier alpha value is -0.744. The number of carboxylic acids is 2. The van der Waals surface area contributed by atoms with Crippen molar-refractivity contribution in [1.29, 1.82) is 0 Å². The van der Waals surface area contributed by atoms with Crippen LogP contribution >= 0.6 is 0 Å². The van der Waals surface area contributed by atoms with Gasteiger partial charge in [0.25, 0.3) is 5.56 Å². The van der Waals surface area contributed by atoms with E-state index in [1.807, 2.05) is 11.9 Å². The molecule has 0 saturated heterocycles. The van der Waals surface area contributed by atoms with Gasteiger partial charge in [-0.05, 0) is 6.42 Å². The number of carboxylic acid groups (broad SMARTS) is 2. The number of hydrogen-bond donors (Lipinski definition) is 2. The number of H-pyrrole nitrogens is 1. The first-order chi connectivity index (χ1) is 8.40. The maximum Gasteiger partial charge on any atom is 1.00 e. The van der Waals surface area contributed by atoms with E-state index in [1.54, 1.807) is 0 Å². The van der Waals surface area contributed by atoms with Crippen LogP contribution in [0.1, 0.15) is 40.6 Å². The van der Waals surface area contributed by atoms with Gasteiger partial charge in [0, 0.05) is 6.54 Å². The number of aromatic nitrogens is 2. The number of hydrogen-bond acceptors (Lipinski definition) is 5. The largest absolute Gasteiger partial charge is 1.00 e. The molecule has 0 radical (unpaired) electrons. The van der Waals surface area contributed by atoms with E-state index in [-0.39, 0.29) is 57.9 Å². The van der Waals surface area contributed by atoms with E-state index in [1.165, 1.54) is 0 Å². The van der Waals surface area contributed by atoms with Crippen molar-refractivity contribution in [3.05, 3.63) is 32.1 Å². The Morgan fingerprint density at radius 1 is 1.37 bits per heavy atom. The Morgan fingerprint density at radius 2 is 1.95 bits per heavy atom. The molecule has 0 fully saturated rings. The second-order valence-electron chi connectivity index (χ2n) is 3.58. The van der Waals surface area contributed by atoms with Crippen LogP contribution in [0.3, 0.4) is 0 Å². The first-order valence-electron chi connectivity index (χ1n) is 5.21. The molecule has 1 aromatic heterocycles. The average molecular weight is 294 g/mol. The van der Waals surface area contributed by atoms with Crippen molar-refractivity contribution in [2.24, 2.45) is 0 Å². The summed E-state index contributed by atoms with van der Waals surface area (Å²) in [5.41, 5.74) is -4.10. The molecule has 0 aliphatic heterocycles. The molecular formula is C10H11KN2O6. The molecule has 0 unspecified atom stereocenters. The molecule has 0 spiro atoms. The molecule has 0 aromatic carbocycles. The number of carbonyl (C=O) groups excluding carboxylic acids is 1. The summed E-state index contributed by atoms with van der Waals surface area (Å²) >= 11 is 0. The summed E-state index contributed by atoms with van der Waals surface area (Å²) in [5, 5.41) is 19.5. The van der Waals surface area contributed by atoms with Crippen LogP contribution in [-0.4, -0.2) is 26.6 Å². The smallest absolute Gasteiger partial charge is 0.543 e. The van der Waals surface area contributed by atoms with Crippen molar-refractivity contribution >= 4 is 11.9 Å². The molecule has 0 amide bonds. The van der Waals surface area contributed by atoms with Gasteiger partial charge in [-0.25, -0.2) is 9.59 Å². The SMILES string of the molecule is CCCCn1c(=O)[nH]c(C(=O)[O-])c(C(=O)O)c1=O.[K+]. The first kappa shape index (κ1) is 18.3. The number of unbranched alkanes of at least 4 members (excludes halogenated alkanes) is 1. The Kier molecular flexibility index (Phi) is 7.45. The maximum atomic E-state index is 11.7. The summed E-state index contributed by atoms with van der Waals surface area (Å²) in [4.78, 5) is 46.6. The van der Waals surface area contributed by atoms with Crippen molar-refractivity contribution in [1.82, 2.24) is 9.55 Å². The molecule has 8 nitrogen and oxygen atoms in total. The molecule has 19 heavy (non-hydrogen) atoms. The average Bonchev–Trinajstić information content (AvgIpc) is 2.27. The van der Waals surface area contributed by atoms with Crippen LogP contribution < -0.4 is 67.7 Å². The van der Waals surface area contributed by atoms with Crippen molar-refractivity contribution in [3.63, 3.8) is 0 Å². The molecule has 1 heterocycles. The van der Waals surface area contributed by atoms with E-state index >= 15 is 0 Å². The Balaban J connectivity index is 0.00000324. The van der Waals surface area contributed by atoms with Gasteiger partial charge in [-0.1, -0.05) is 13.3 Å². The zero-order chi connectivity index (χ0) is 13.9. The monoisotopic (exact) mass is 294 g/mol. The molecule has 0 saturated carbocycles. The third-order valence-corrected chi connectivity index (χ3v) is 2.34. The molecule has 2 N–H and O–H groups in total. The number of carbonyl (C=O) groups is 2. The standard InChI is InChI=1S/C10H12N2O6.K/c1-2-3-4-12-7(13)5(8(14)15)6(9(16)17)11-10(12)18;/h2-4H2,1H3,(H,11,18)(H,14,15)(H,16,17);/q;+1/p-1. The summed E-state index contributed by atoms with van der Waals surface area (Å²) in [6.07, 6.45) is 1.18. The third kappa shape index (κ3) is 4.11. The minimum atomic E-state index is -1.91. The third-order valence-electron chi connectivity index (χ3n) is 2.34. The quantitative estimate of drug-likeness (QED) is 0.525. The topological polar surface area (TPSA) is 132 Å². The van der Waals surface area contributed by atoms with Crippen LogP contribution in [-0.2, 0) is 6.54 Å². The number of nitrogens with one attached hydrogen (secondary N) is 1. The van der Waals surface area contributed by atoms with Gasteiger partial charge < -0.3 is 20.0 Å². The van der Waals surface area contributed by atoms with E-state index in [0.29, 0.717) is 17.4 Å². The van der Waals surface area contributed by atoms with Gasteiger partial charge >= 0.3 is 63.0 Å². The Morgan fingerprint density at radius 3 is 2.37 bits per heavy atom. The van der Waals surface area contributed by atoms with Crippen LogP contribution in [0.5, 0.6) is 0 Å². The van der Waals surface area contributed by atoms with Crippen LogP contribution in [0, 0.1) is 0 Å². The normalized spacial score (nSPS) is 9.74. The summed E-state index contributed by atoms with van der Waals surface area (Å²) in [7, 11) is 0. The van der Waals surface area contributed by atoms with Crippen LogP contribution in [0.25, 0.3) is 0 Å². The van der Waals surface area contributed by atoms with Crippen LogP contribution in [0.15, 0.2) is 9.59 Å². The second-order valence-corrected chi connectivity index (χ2v) is 3.58. The summed E-state index contributed by atoms with van der Waals surface area (Å²) < 4.78 is 0.666. The molecule has 1 rings (SSSR count). The molecule has 0 aliphatic carbocycles. The number of nitrogens with zero attached hydrogens (tertiary/aromatic N) is 1. The van der Waals surface area contributed by atoms with E-state index in [9.17, 15) is 24.3 Å². The van der Waals surface area contributed by atoms with Crippen LogP contribution in [0.2, 0.25) is 0 Å². The van der Waals surface area contributed by atoms with Gasteiger partial charge in [0.15, 0.2) is 5.56 Å². The van der Waals surface area contributed by atoms with E-state index in [4.69, 9.17) is 5.11 Å². The molecular weight excluding hydrogens is 283 g/mol. The Bertz CT molecular complexity index is 603. The zero-order valence-electron chi connectivity index (χ0n) is 10.6. The maximum absolute atomic E-state index is 11.7. The van der Waals surface area contributed by atoms with Gasteiger partial charge in [0.1, 0.15) is 0 Å². The van der Waals surface area contributed by atoms with Gasteiger partial charge in [-0.2, -0.15) is 0 Å². The fourth-order valence-electron chi connectivity index (χ4n) is 1.44. The van der Waals surface area contributed by atoms with Gasteiger partial charge in [-0.3, -0.25) is 9.36 Å². The minimum Gasteiger partial charge on any atom is -0.543 e. The Labute approximate surface area is 149 Å². The summed E-state index contributed by atoms with van der Waals surface area (Å²) in [5.74, 6) is -3.63. The van der Waals surface area contributed by atoms with Crippen molar-refractivity contribution in [2.75, 3.05) is 0 Å². The minimum absolute atomic E-state index is 0. The molecule has 98 valence electrons. The number of aromatic amines is 1. The first-order valence-corrected chi connectivity index (χ1v) is 5.21. The molecule has 9 heteroatoms. The number of aromatic carboxylic acids is 2. The van der Waals surface area contributed by atoms with Crippen LogP contribution in [0.4, 0.5) is 0 Å². The number of rotatable bonds is 5. The van der Waals surface area contributed by atoms with Gasteiger partial charge in [-0.15, -0.1) is 0 Å². The predicted molar refractivity (Wildman–Crippen MR) is 57.5 cm³/mol. The summed E-state index contributed by atoms with van der Waals surface area (Å²) in [6.45, 7) is 1.85. The summed E-state index contributed by atoms with van der Waals surface area (Å²) in [6, 6.07) is 0. The van der Waals surface area contributed by atoms with Crippen molar-refractivity contribution in [3.8, 4) is 0 Å². The van der Waals surface area contributed by atoms with E-state index < -0.39 is 34.4 Å². The van der Waals surface area contributed by atoms with E-state index in [0.717, 1.165) is 0 Å². The zero-order valence-corrected chi connectivity index (χ0v) is 13.7. The second kappa shape index (κ2) is 7.75. The molecule has 1 aromatic rings.